The number of primary amides is 1. The molecule has 0 radical (unpaired) electrons. The number of rotatable bonds is 3. The summed E-state index contributed by atoms with van der Waals surface area (Å²) in [5, 5.41) is 18.8. The fraction of sp³-hybridized carbons (Fsp3) is 0.250. The van der Waals surface area contributed by atoms with E-state index in [1.165, 1.54) is 12.3 Å². The zero-order valence-electron chi connectivity index (χ0n) is 7.09. The van der Waals surface area contributed by atoms with E-state index in [-0.39, 0.29) is 10.7 Å². The Hall–Kier alpha value is -1.17. The third-order valence-corrected chi connectivity index (χ3v) is 1.98. The van der Waals surface area contributed by atoms with Crippen LogP contribution >= 0.6 is 11.6 Å². The van der Waals surface area contributed by atoms with E-state index < -0.39 is 18.1 Å². The lowest BCUT2D eigenvalue weighted by Gasteiger charge is -2.14. The first kappa shape index (κ1) is 10.9. The van der Waals surface area contributed by atoms with Gasteiger partial charge in [0, 0.05) is 6.20 Å². The smallest absolute Gasteiger partial charge is 0.249 e. The van der Waals surface area contributed by atoms with Crippen LogP contribution in [0.2, 0.25) is 5.02 Å². The Balaban J connectivity index is 2.94. The number of amides is 1. The van der Waals surface area contributed by atoms with Crippen molar-refractivity contribution >= 4 is 17.5 Å². The van der Waals surface area contributed by atoms with E-state index in [1.807, 2.05) is 0 Å². The van der Waals surface area contributed by atoms with E-state index in [0.29, 0.717) is 0 Å². The molecule has 14 heavy (non-hydrogen) atoms. The van der Waals surface area contributed by atoms with Crippen molar-refractivity contribution in [3.05, 3.63) is 29.0 Å². The van der Waals surface area contributed by atoms with Gasteiger partial charge in [-0.05, 0) is 12.1 Å². The minimum atomic E-state index is -1.71. The van der Waals surface area contributed by atoms with Crippen LogP contribution in [-0.2, 0) is 4.79 Å². The van der Waals surface area contributed by atoms with E-state index in [9.17, 15) is 9.90 Å². The zero-order chi connectivity index (χ0) is 10.7. The molecule has 0 aliphatic heterocycles. The standard InChI is InChI=1S/C8H9ClN2O3/c9-4-2-1-3-11-5(4)6(12)7(13)8(10)14/h1-3,6-7,12-13H,(H2,10,14). The van der Waals surface area contributed by atoms with Gasteiger partial charge in [-0.25, -0.2) is 0 Å². The molecule has 1 heterocycles. The second kappa shape index (κ2) is 4.36. The van der Waals surface area contributed by atoms with Crippen molar-refractivity contribution < 1.29 is 15.0 Å². The molecule has 0 saturated heterocycles. The Bertz CT molecular complexity index is 345. The number of aliphatic hydroxyl groups is 2. The lowest BCUT2D eigenvalue weighted by molar-refractivity contribution is -0.132. The number of hydrogen-bond donors (Lipinski definition) is 3. The first-order valence-corrected chi connectivity index (χ1v) is 4.17. The predicted octanol–water partition coefficient (Wildman–Crippen LogP) is -0.385. The predicted molar refractivity (Wildman–Crippen MR) is 49.4 cm³/mol. The van der Waals surface area contributed by atoms with Crippen molar-refractivity contribution in [2.24, 2.45) is 5.73 Å². The molecule has 0 spiro atoms. The number of pyridine rings is 1. The summed E-state index contributed by atoms with van der Waals surface area (Å²) in [7, 11) is 0. The van der Waals surface area contributed by atoms with E-state index in [0.717, 1.165) is 0 Å². The zero-order valence-corrected chi connectivity index (χ0v) is 7.85. The van der Waals surface area contributed by atoms with Crippen molar-refractivity contribution in [1.82, 2.24) is 4.98 Å². The van der Waals surface area contributed by atoms with Crippen LogP contribution < -0.4 is 5.73 Å². The highest BCUT2D eigenvalue weighted by molar-refractivity contribution is 6.31. The van der Waals surface area contributed by atoms with Crippen LogP contribution in [0.25, 0.3) is 0 Å². The average molecular weight is 217 g/mol. The Labute approximate surface area is 85.1 Å². The van der Waals surface area contributed by atoms with Gasteiger partial charge in [0.25, 0.3) is 0 Å². The van der Waals surface area contributed by atoms with Crippen molar-refractivity contribution in [2.45, 2.75) is 12.2 Å². The topological polar surface area (TPSA) is 96.4 Å². The molecule has 0 fully saturated rings. The molecule has 0 saturated carbocycles. The minimum Gasteiger partial charge on any atom is -0.383 e. The van der Waals surface area contributed by atoms with Crippen LogP contribution in [0.3, 0.4) is 0 Å². The van der Waals surface area contributed by atoms with E-state index in [1.54, 1.807) is 6.07 Å². The fourth-order valence-corrected chi connectivity index (χ4v) is 1.15. The van der Waals surface area contributed by atoms with Gasteiger partial charge in [-0.1, -0.05) is 11.6 Å². The number of halogens is 1. The van der Waals surface area contributed by atoms with Crippen molar-refractivity contribution in [2.75, 3.05) is 0 Å². The Morgan fingerprint density at radius 2 is 2.21 bits per heavy atom. The Kier molecular flexibility index (Phi) is 3.40. The molecular weight excluding hydrogens is 208 g/mol. The molecule has 1 aromatic heterocycles. The molecule has 76 valence electrons. The van der Waals surface area contributed by atoms with Gasteiger partial charge in [0.15, 0.2) is 6.10 Å². The first-order chi connectivity index (χ1) is 6.54. The summed E-state index contributed by atoms with van der Waals surface area (Å²) in [5.74, 6) is -1.03. The lowest BCUT2D eigenvalue weighted by Crippen LogP contribution is -2.34. The highest BCUT2D eigenvalue weighted by Crippen LogP contribution is 2.22. The molecule has 6 heteroatoms. The van der Waals surface area contributed by atoms with Crippen LogP contribution in [0.4, 0.5) is 0 Å². The van der Waals surface area contributed by atoms with Crippen molar-refractivity contribution in [3.8, 4) is 0 Å². The number of aromatic nitrogens is 1. The molecule has 2 atom stereocenters. The summed E-state index contributed by atoms with van der Waals surface area (Å²) in [6, 6.07) is 3.05. The first-order valence-electron chi connectivity index (χ1n) is 3.80. The monoisotopic (exact) mass is 216 g/mol. The number of nitrogens with zero attached hydrogens (tertiary/aromatic N) is 1. The van der Waals surface area contributed by atoms with Crippen LogP contribution in [0.5, 0.6) is 0 Å². The van der Waals surface area contributed by atoms with E-state index in [2.05, 4.69) is 4.98 Å². The summed E-state index contributed by atoms with van der Waals surface area (Å²) < 4.78 is 0. The van der Waals surface area contributed by atoms with Gasteiger partial charge in [-0.3, -0.25) is 9.78 Å². The van der Waals surface area contributed by atoms with Crippen molar-refractivity contribution in [1.29, 1.82) is 0 Å². The second-order valence-electron chi connectivity index (χ2n) is 2.66. The Morgan fingerprint density at radius 3 is 2.71 bits per heavy atom. The molecular formula is C8H9ClN2O3. The maximum atomic E-state index is 10.6. The fourth-order valence-electron chi connectivity index (χ4n) is 0.921. The van der Waals surface area contributed by atoms with Gasteiger partial charge < -0.3 is 15.9 Å². The van der Waals surface area contributed by atoms with Gasteiger partial charge in [-0.2, -0.15) is 0 Å². The molecule has 1 aromatic rings. The molecule has 1 amide bonds. The molecule has 1 rings (SSSR count). The molecule has 5 nitrogen and oxygen atoms in total. The highest BCUT2D eigenvalue weighted by Gasteiger charge is 2.26. The number of hydrogen-bond acceptors (Lipinski definition) is 4. The molecule has 0 aromatic carbocycles. The minimum absolute atomic E-state index is 0.0282. The van der Waals surface area contributed by atoms with E-state index in [4.69, 9.17) is 22.4 Å². The molecule has 0 aliphatic carbocycles. The maximum Gasteiger partial charge on any atom is 0.249 e. The van der Waals surface area contributed by atoms with Crippen molar-refractivity contribution in [3.63, 3.8) is 0 Å². The quantitative estimate of drug-likeness (QED) is 0.641. The van der Waals surface area contributed by atoms with Gasteiger partial charge in [0.2, 0.25) is 5.91 Å². The maximum absolute atomic E-state index is 10.6. The van der Waals surface area contributed by atoms with Gasteiger partial charge in [-0.15, -0.1) is 0 Å². The lowest BCUT2D eigenvalue weighted by atomic mass is 10.1. The normalized spacial score (nSPS) is 14.8. The van der Waals surface area contributed by atoms with Crippen LogP contribution in [0.15, 0.2) is 18.3 Å². The van der Waals surface area contributed by atoms with Gasteiger partial charge >= 0.3 is 0 Å². The molecule has 4 N–H and O–H groups in total. The van der Waals surface area contributed by atoms with Crippen LogP contribution in [-0.4, -0.2) is 27.2 Å². The summed E-state index contributed by atoms with van der Waals surface area (Å²) >= 11 is 5.68. The third-order valence-electron chi connectivity index (χ3n) is 1.66. The second-order valence-corrected chi connectivity index (χ2v) is 3.07. The van der Waals surface area contributed by atoms with Gasteiger partial charge in [0.1, 0.15) is 6.10 Å². The van der Waals surface area contributed by atoms with Gasteiger partial charge in [0.05, 0.1) is 10.7 Å². The number of carbonyl (C=O) groups is 1. The largest absolute Gasteiger partial charge is 0.383 e. The van der Waals surface area contributed by atoms with E-state index >= 15 is 0 Å². The van der Waals surface area contributed by atoms with Crippen LogP contribution in [0, 0.1) is 0 Å². The number of nitrogens with two attached hydrogens (primary N) is 1. The molecule has 0 aliphatic rings. The number of aliphatic hydroxyl groups excluding tert-OH is 2. The number of carbonyl (C=O) groups excluding carboxylic acids is 1. The molecule has 0 bridgehead atoms. The summed E-state index contributed by atoms with van der Waals surface area (Å²) in [5.41, 5.74) is 4.83. The Morgan fingerprint density at radius 1 is 1.57 bits per heavy atom. The highest BCUT2D eigenvalue weighted by atomic mass is 35.5. The third kappa shape index (κ3) is 2.20. The summed E-state index contributed by atoms with van der Waals surface area (Å²) in [6.45, 7) is 0. The average Bonchev–Trinajstić information content (AvgIpc) is 2.16. The molecule has 2 unspecified atom stereocenters. The summed E-state index contributed by atoms with van der Waals surface area (Å²) in [6.07, 6.45) is -1.82. The van der Waals surface area contributed by atoms with Crippen LogP contribution in [0.1, 0.15) is 11.8 Å². The summed E-state index contributed by atoms with van der Waals surface area (Å²) in [4.78, 5) is 14.3. The SMILES string of the molecule is NC(=O)C(O)C(O)c1ncccc1Cl.